The molecule has 0 saturated heterocycles. The van der Waals surface area contributed by atoms with E-state index in [1.807, 2.05) is 0 Å². The Kier molecular flexibility index (Phi) is 5.32. The summed E-state index contributed by atoms with van der Waals surface area (Å²) in [7, 11) is -3.67. The number of sulfonamides is 1. The largest absolute Gasteiger partial charge is 0.439 e. The number of aromatic amines is 1. The Bertz CT molecular complexity index is 1170. The molecule has 0 spiro atoms. The highest BCUT2D eigenvalue weighted by molar-refractivity contribution is 7.92. The Morgan fingerprint density at radius 3 is 2.61 bits per heavy atom. The average molecular weight is 402 g/mol. The smallest absolute Gasteiger partial charge is 0.324 e. The molecule has 0 atom stereocenters. The fourth-order valence-electron chi connectivity index (χ4n) is 2.65. The first-order chi connectivity index (χ1) is 13.2. The number of aryl methyl sites for hydroxylation is 1. The Morgan fingerprint density at radius 2 is 1.96 bits per heavy atom. The summed E-state index contributed by atoms with van der Waals surface area (Å²) >= 11 is 0. The lowest BCUT2D eigenvalue weighted by molar-refractivity contribution is -0.114. The van der Waals surface area contributed by atoms with E-state index in [4.69, 9.17) is 0 Å². The molecular weight excluding hydrogens is 384 g/mol. The fourth-order valence-corrected chi connectivity index (χ4v) is 3.57. The molecule has 0 bridgehead atoms. The Balaban J connectivity index is 1.81. The predicted molar refractivity (Wildman–Crippen MR) is 105 cm³/mol. The van der Waals surface area contributed by atoms with Gasteiger partial charge in [-0.2, -0.15) is 0 Å². The van der Waals surface area contributed by atoms with Crippen LogP contribution in [0.15, 0.2) is 57.8 Å². The molecule has 0 aliphatic heterocycles. The van der Waals surface area contributed by atoms with Gasteiger partial charge in [-0.1, -0.05) is 35.5 Å². The fraction of sp³-hybridized carbons (Fsp3) is 0.167. The molecule has 2 aromatic carbocycles. The standard InChI is InChI=1S/C18H18N4O5S/c1-12-6-3-4-9-15(12)22(28(2,25)26)11-16(23)19-14-8-5-7-13(10-14)17-20-18(24)27-21-17/h3-10H,11H2,1-2H3,(H,19,23)(H,20,21,24). The van der Waals surface area contributed by atoms with E-state index in [2.05, 4.69) is 20.0 Å². The minimum absolute atomic E-state index is 0.221. The predicted octanol–water partition coefficient (Wildman–Crippen LogP) is 1.74. The van der Waals surface area contributed by atoms with Gasteiger partial charge in [0.15, 0.2) is 5.82 Å². The van der Waals surface area contributed by atoms with Gasteiger partial charge in [0.05, 0.1) is 11.9 Å². The topological polar surface area (TPSA) is 125 Å². The molecule has 0 saturated carbocycles. The second-order valence-corrected chi connectivity index (χ2v) is 8.04. The minimum atomic E-state index is -3.67. The zero-order valence-corrected chi connectivity index (χ0v) is 16.0. The molecule has 0 fully saturated rings. The van der Waals surface area contributed by atoms with Gasteiger partial charge >= 0.3 is 5.76 Å². The van der Waals surface area contributed by atoms with Gasteiger partial charge < -0.3 is 5.32 Å². The molecule has 10 heteroatoms. The van der Waals surface area contributed by atoms with Gasteiger partial charge in [0.2, 0.25) is 15.9 Å². The highest BCUT2D eigenvalue weighted by atomic mass is 32.2. The van der Waals surface area contributed by atoms with Crippen molar-refractivity contribution in [3.05, 3.63) is 64.6 Å². The van der Waals surface area contributed by atoms with Gasteiger partial charge in [-0.15, -0.1) is 0 Å². The summed E-state index contributed by atoms with van der Waals surface area (Å²) in [6.07, 6.45) is 1.05. The first-order valence-corrected chi connectivity index (χ1v) is 10.1. The van der Waals surface area contributed by atoms with Crippen LogP contribution >= 0.6 is 0 Å². The maximum atomic E-state index is 12.5. The zero-order chi connectivity index (χ0) is 20.3. The second-order valence-electron chi connectivity index (χ2n) is 6.13. The summed E-state index contributed by atoms with van der Waals surface area (Å²) in [6, 6.07) is 13.5. The van der Waals surface area contributed by atoms with Crippen LogP contribution in [0, 0.1) is 6.92 Å². The zero-order valence-electron chi connectivity index (χ0n) is 15.2. The molecule has 28 heavy (non-hydrogen) atoms. The van der Waals surface area contributed by atoms with E-state index in [1.165, 1.54) is 0 Å². The number of anilines is 2. The van der Waals surface area contributed by atoms with Gasteiger partial charge in [0.25, 0.3) is 0 Å². The molecule has 0 aliphatic carbocycles. The van der Waals surface area contributed by atoms with Gasteiger partial charge in [0, 0.05) is 11.3 Å². The summed E-state index contributed by atoms with van der Waals surface area (Å²) in [4.78, 5) is 26.0. The number of hydrogen-bond acceptors (Lipinski definition) is 6. The Labute approximate surface area is 161 Å². The maximum absolute atomic E-state index is 12.5. The number of nitrogens with zero attached hydrogens (tertiary/aromatic N) is 2. The number of benzene rings is 2. The number of hydrogen-bond donors (Lipinski definition) is 2. The van der Waals surface area contributed by atoms with Crippen LogP contribution in [0.25, 0.3) is 11.4 Å². The minimum Gasteiger partial charge on any atom is -0.324 e. The van der Waals surface area contributed by atoms with Crippen molar-refractivity contribution in [2.24, 2.45) is 0 Å². The van der Waals surface area contributed by atoms with E-state index >= 15 is 0 Å². The van der Waals surface area contributed by atoms with Crippen molar-refractivity contribution < 1.29 is 17.7 Å². The second kappa shape index (κ2) is 7.69. The number of carbonyl (C=O) groups excluding carboxylic acids is 1. The maximum Gasteiger partial charge on any atom is 0.439 e. The first kappa shape index (κ1) is 19.4. The third-order valence-corrected chi connectivity index (χ3v) is 5.06. The van der Waals surface area contributed by atoms with Crippen molar-refractivity contribution in [3.8, 4) is 11.4 Å². The van der Waals surface area contributed by atoms with E-state index in [-0.39, 0.29) is 12.4 Å². The molecule has 1 aromatic heterocycles. The molecule has 1 heterocycles. The molecule has 0 radical (unpaired) electrons. The first-order valence-electron chi connectivity index (χ1n) is 8.23. The van der Waals surface area contributed by atoms with Crippen LogP contribution in [-0.4, -0.2) is 37.3 Å². The van der Waals surface area contributed by atoms with Crippen LogP contribution in [0.4, 0.5) is 11.4 Å². The number of nitrogens with one attached hydrogen (secondary N) is 2. The average Bonchev–Trinajstić information content (AvgIpc) is 3.06. The highest BCUT2D eigenvalue weighted by Gasteiger charge is 2.22. The van der Waals surface area contributed by atoms with Crippen molar-refractivity contribution in [3.63, 3.8) is 0 Å². The van der Waals surface area contributed by atoms with Crippen molar-refractivity contribution >= 4 is 27.3 Å². The summed E-state index contributed by atoms with van der Waals surface area (Å²) in [5, 5.41) is 6.25. The number of H-pyrrole nitrogens is 1. The van der Waals surface area contributed by atoms with Gasteiger partial charge in [-0.05, 0) is 30.7 Å². The molecule has 2 N–H and O–H groups in total. The summed E-state index contributed by atoms with van der Waals surface area (Å²) in [5.41, 5.74) is 2.12. The quantitative estimate of drug-likeness (QED) is 0.647. The van der Waals surface area contributed by atoms with E-state index in [0.29, 0.717) is 16.9 Å². The normalized spacial score (nSPS) is 11.2. The molecule has 3 aromatic rings. The molecule has 9 nitrogen and oxygen atoms in total. The summed E-state index contributed by atoms with van der Waals surface area (Å²) in [6.45, 7) is 1.39. The van der Waals surface area contributed by atoms with E-state index in [9.17, 15) is 18.0 Å². The number of para-hydroxylation sites is 1. The number of carbonyl (C=O) groups is 1. The molecular formula is C18H18N4O5S. The molecule has 1 amide bonds. The van der Waals surface area contributed by atoms with Crippen LogP contribution in [-0.2, 0) is 14.8 Å². The Hall–Kier alpha value is -3.40. The van der Waals surface area contributed by atoms with Crippen LogP contribution in [0.2, 0.25) is 0 Å². The third kappa shape index (κ3) is 4.46. The van der Waals surface area contributed by atoms with Crippen molar-refractivity contribution in [2.45, 2.75) is 6.92 Å². The van der Waals surface area contributed by atoms with Crippen LogP contribution in [0.5, 0.6) is 0 Å². The lowest BCUT2D eigenvalue weighted by Crippen LogP contribution is -2.37. The molecule has 0 aliphatic rings. The third-order valence-electron chi connectivity index (χ3n) is 3.93. The lowest BCUT2D eigenvalue weighted by atomic mass is 10.2. The van der Waals surface area contributed by atoms with Crippen molar-refractivity contribution in [1.29, 1.82) is 0 Å². The van der Waals surface area contributed by atoms with E-state index < -0.39 is 21.7 Å². The summed E-state index contributed by atoms with van der Waals surface area (Å²) in [5.74, 6) is -0.982. The SMILES string of the molecule is Cc1ccccc1N(CC(=O)Nc1cccc(-c2noc(=O)[nH]2)c1)S(C)(=O)=O. The van der Waals surface area contributed by atoms with Gasteiger partial charge in [0.1, 0.15) is 6.54 Å². The number of amides is 1. The van der Waals surface area contributed by atoms with Crippen LogP contribution in [0.3, 0.4) is 0 Å². The van der Waals surface area contributed by atoms with Crippen molar-refractivity contribution in [2.75, 3.05) is 22.4 Å². The molecule has 0 unspecified atom stereocenters. The van der Waals surface area contributed by atoms with Gasteiger partial charge in [-0.3, -0.25) is 18.6 Å². The van der Waals surface area contributed by atoms with Crippen LogP contribution < -0.4 is 15.4 Å². The monoisotopic (exact) mass is 402 g/mol. The Morgan fingerprint density at radius 1 is 1.21 bits per heavy atom. The number of aromatic nitrogens is 2. The van der Waals surface area contributed by atoms with E-state index in [0.717, 1.165) is 16.1 Å². The number of rotatable bonds is 6. The van der Waals surface area contributed by atoms with Gasteiger partial charge in [-0.25, -0.2) is 13.2 Å². The lowest BCUT2D eigenvalue weighted by Gasteiger charge is -2.23. The van der Waals surface area contributed by atoms with Crippen molar-refractivity contribution in [1.82, 2.24) is 10.1 Å². The molecule has 146 valence electrons. The highest BCUT2D eigenvalue weighted by Crippen LogP contribution is 2.22. The molecule has 3 rings (SSSR count). The van der Waals surface area contributed by atoms with Crippen LogP contribution in [0.1, 0.15) is 5.56 Å². The summed E-state index contributed by atoms with van der Waals surface area (Å²) < 4.78 is 29.9. The van der Waals surface area contributed by atoms with E-state index in [1.54, 1.807) is 55.5 Å².